The normalized spacial score (nSPS) is 23.5. The topological polar surface area (TPSA) is 12.0 Å². The third-order valence-corrected chi connectivity index (χ3v) is 2.08. The fourth-order valence-corrected chi connectivity index (χ4v) is 0.998. The first-order valence-corrected chi connectivity index (χ1v) is 3.46. The van der Waals surface area contributed by atoms with Gasteiger partial charge < -0.3 is 5.32 Å². The van der Waals surface area contributed by atoms with Gasteiger partial charge in [-0.1, -0.05) is 0 Å². The van der Waals surface area contributed by atoms with Gasteiger partial charge in [0.25, 0.3) is 0 Å². The zero-order valence-electron chi connectivity index (χ0n) is 3.90. The highest BCUT2D eigenvalue weighted by molar-refractivity contribution is 7.99. The molecule has 1 aliphatic heterocycles. The number of hydrogen-bond acceptors (Lipinski definition) is 2. The van der Waals surface area contributed by atoms with E-state index in [0.29, 0.717) is 0 Å². The third-order valence-electron chi connectivity index (χ3n) is 1.08. The fraction of sp³-hybridized carbons (Fsp3) is 1.00. The van der Waals surface area contributed by atoms with E-state index in [4.69, 9.17) is 0 Å². The molecule has 0 aromatic rings. The second-order valence-corrected chi connectivity index (χ2v) is 2.65. The van der Waals surface area contributed by atoms with E-state index in [1.54, 1.807) is 0 Å². The molecular formula is C4H9NS. The number of hydrogen-bond donors (Lipinski definition) is 1. The summed E-state index contributed by atoms with van der Waals surface area (Å²) in [5, 5.41) is 4.11. The predicted octanol–water partition coefficient (Wildman–Crippen LogP) is 0.321. The van der Waals surface area contributed by atoms with Gasteiger partial charge in [-0.05, 0) is 6.26 Å². The van der Waals surface area contributed by atoms with Crippen molar-refractivity contribution in [2.75, 3.05) is 19.3 Å². The second kappa shape index (κ2) is 1.85. The van der Waals surface area contributed by atoms with Crippen molar-refractivity contribution in [1.29, 1.82) is 0 Å². The van der Waals surface area contributed by atoms with Crippen molar-refractivity contribution in [2.24, 2.45) is 0 Å². The van der Waals surface area contributed by atoms with Crippen LogP contribution in [0.1, 0.15) is 0 Å². The van der Waals surface area contributed by atoms with Gasteiger partial charge in [0.05, 0.1) is 0 Å². The SMILES string of the molecule is CSC1CNC1. The quantitative estimate of drug-likeness (QED) is 0.513. The first-order chi connectivity index (χ1) is 2.93. The zero-order valence-corrected chi connectivity index (χ0v) is 4.72. The summed E-state index contributed by atoms with van der Waals surface area (Å²) in [7, 11) is 0. The predicted molar refractivity (Wildman–Crippen MR) is 30.2 cm³/mol. The van der Waals surface area contributed by atoms with E-state index in [1.165, 1.54) is 13.1 Å². The highest BCUT2D eigenvalue weighted by Crippen LogP contribution is 2.08. The Morgan fingerprint density at radius 3 is 2.33 bits per heavy atom. The molecule has 0 atom stereocenters. The largest absolute Gasteiger partial charge is 0.314 e. The lowest BCUT2D eigenvalue weighted by atomic mass is 10.3. The number of rotatable bonds is 1. The van der Waals surface area contributed by atoms with E-state index in [-0.39, 0.29) is 0 Å². The van der Waals surface area contributed by atoms with Crippen molar-refractivity contribution in [3.05, 3.63) is 0 Å². The van der Waals surface area contributed by atoms with Crippen LogP contribution in [0, 0.1) is 0 Å². The molecule has 0 bridgehead atoms. The molecule has 0 unspecified atom stereocenters. The van der Waals surface area contributed by atoms with Crippen molar-refractivity contribution >= 4 is 11.8 Å². The molecule has 1 N–H and O–H groups in total. The Balaban J connectivity index is 2.01. The monoisotopic (exact) mass is 103 g/mol. The van der Waals surface area contributed by atoms with Crippen molar-refractivity contribution < 1.29 is 0 Å². The summed E-state index contributed by atoms with van der Waals surface area (Å²) in [6.07, 6.45) is 2.16. The lowest BCUT2D eigenvalue weighted by Crippen LogP contribution is -2.44. The first-order valence-electron chi connectivity index (χ1n) is 2.17. The summed E-state index contributed by atoms with van der Waals surface area (Å²) in [6.45, 7) is 2.45. The first kappa shape index (κ1) is 4.47. The molecule has 1 heterocycles. The summed E-state index contributed by atoms with van der Waals surface area (Å²) < 4.78 is 0. The van der Waals surface area contributed by atoms with Gasteiger partial charge in [-0.25, -0.2) is 0 Å². The van der Waals surface area contributed by atoms with Gasteiger partial charge in [-0.15, -0.1) is 0 Å². The van der Waals surface area contributed by atoms with E-state index >= 15 is 0 Å². The lowest BCUT2D eigenvalue weighted by molar-refractivity contribution is 0.544. The van der Waals surface area contributed by atoms with Crippen LogP contribution in [0.15, 0.2) is 0 Å². The molecule has 0 aromatic carbocycles. The standard InChI is InChI=1S/C4H9NS/c1-6-4-2-5-3-4/h4-5H,2-3H2,1H3. The Bertz CT molecular complexity index is 40.1. The molecule has 1 rings (SSSR count). The maximum Gasteiger partial charge on any atom is 0.0294 e. The Kier molecular flexibility index (Phi) is 1.37. The molecule has 1 nitrogen and oxygen atoms in total. The van der Waals surface area contributed by atoms with Crippen LogP contribution in [0.4, 0.5) is 0 Å². The van der Waals surface area contributed by atoms with Gasteiger partial charge in [-0.3, -0.25) is 0 Å². The average Bonchev–Trinajstić information content (AvgIpc) is 1.31. The molecular weight excluding hydrogens is 94.1 g/mol. The highest BCUT2D eigenvalue weighted by atomic mass is 32.2. The zero-order chi connectivity index (χ0) is 4.41. The Hall–Kier alpha value is 0.310. The minimum atomic E-state index is 0.921. The molecule has 6 heavy (non-hydrogen) atoms. The van der Waals surface area contributed by atoms with Gasteiger partial charge in [0, 0.05) is 18.3 Å². The summed E-state index contributed by atoms with van der Waals surface area (Å²) in [5.41, 5.74) is 0. The van der Waals surface area contributed by atoms with Gasteiger partial charge in [-0.2, -0.15) is 11.8 Å². The highest BCUT2D eigenvalue weighted by Gasteiger charge is 2.13. The molecule has 1 saturated heterocycles. The van der Waals surface area contributed by atoms with Crippen LogP contribution in [0.5, 0.6) is 0 Å². The summed E-state index contributed by atoms with van der Waals surface area (Å²) in [4.78, 5) is 0. The van der Waals surface area contributed by atoms with Gasteiger partial charge in [0.1, 0.15) is 0 Å². The second-order valence-electron chi connectivity index (χ2n) is 1.52. The van der Waals surface area contributed by atoms with Crippen LogP contribution in [0.2, 0.25) is 0 Å². The summed E-state index contributed by atoms with van der Waals surface area (Å²) in [5.74, 6) is 0. The van der Waals surface area contributed by atoms with E-state index in [0.717, 1.165) is 5.25 Å². The van der Waals surface area contributed by atoms with E-state index in [1.807, 2.05) is 11.8 Å². The van der Waals surface area contributed by atoms with Crippen molar-refractivity contribution in [3.8, 4) is 0 Å². The molecule has 0 amide bonds. The minimum Gasteiger partial charge on any atom is -0.314 e. The Labute approximate surface area is 42.5 Å². The van der Waals surface area contributed by atoms with E-state index in [2.05, 4.69) is 11.6 Å². The molecule has 0 aliphatic carbocycles. The summed E-state index contributed by atoms with van der Waals surface area (Å²) in [6, 6.07) is 0. The van der Waals surface area contributed by atoms with E-state index in [9.17, 15) is 0 Å². The molecule has 1 fully saturated rings. The van der Waals surface area contributed by atoms with Crippen molar-refractivity contribution in [2.45, 2.75) is 5.25 Å². The molecule has 0 spiro atoms. The Morgan fingerprint density at radius 2 is 2.33 bits per heavy atom. The Morgan fingerprint density at radius 1 is 1.67 bits per heavy atom. The molecule has 0 saturated carbocycles. The van der Waals surface area contributed by atoms with Crippen LogP contribution < -0.4 is 5.32 Å². The average molecular weight is 103 g/mol. The van der Waals surface area contributed by atoms with E-state index < -0.39 is 0 Å². The molecule has 2 heteroatoms. The maximum atomic E-state index is 3.19. The molecule has 36 valence electrons. The van der Waals surface area contributed by atoms with Gasteiger partial charge >= 0.3 is 0 Å². The smallest absolute Gasteiger partial charge is 0.0294 e. The van der Waals surface area contributed by atoms with Crippen LogP contribution in [0.25, 0.3) is 0 Å². The van der Waals surface area contributed by atoms with Crippen molar-refractivity contribution in [3.63, 3.8) is 0 Å². The third kappa shape index (κ3) is 0.684. The summed E-state index contributed by atoms with van der Waals surface area (Å²) >= 11 is 1.95. The van der Waals surface area contributed by atoms with Crippen molar-refractivity contribution in [1.82, 2.24) is 5.32 Å². The molecule has 0 radical (unpaired) electrons. The lowest BCUT2D eigenvalue weighted by Gasteiger charge is -2.24. The maximum absolute atomic E-state index is 3.19. The molecule has 0 aromatic heterocycles. The van der Waals surface area contributed by atoms with Crippen LogP contribution in [-0.2, 0) is 0 Å². The van der Waals surface area contributed by atoms with Gasteiger partial charge in [0.15, 0.2) is 0 Å². The van der Waals surface area contributed by atoms with Gasteiger partial charge in [0.2, 0.25) is 0 Å². The van der Waals surface area contributed by atoms with Crippen LogP contribution >= 0.6 is 11.8 Å². The fourth-order valence-electron chi connectivity index (χ4n) is 0.429. The van der Waals surface area contributed by atoms with Crippen LogP contribution in [0.3, 0.4) is 0 Å². The minimum absolute atomic E-state index is 0.921. The number of nitrogens with one attached hydrogen (secondary N) is 1. The number of thioether (sulfide) groups is 1. The molecule has 1 aliphatic rings. The van der Waals surface area contributed by atoms with Crippen LogP contribution in [-0.4, -0.2) is 24.6 Å².